The molecule has 0 aromatic rings. The number of rotatable bonds is 4. The molecule has 5 heteroatoms. The highest BCUT2D eigenvalue weighted by Crippen LogP contribution is 2.11. The molecule has 0 radical (unpaired) electrons. The number of hydrogen-bond donors (Lipinski definition) is 1. The summed E-state index contributed by atoms with van der Waals surface area (Å²) in [6.07, 6.45) is 2.51. The first-order valence-corrected chi connectivity index (χ1v) is 5.36. The highest BCUT2D eigenvalue weighted by atomic mass is 35.5. The Morgan fingerprint density at radius 2 is 2.46 bits per heavy atom. The minimum Gasteiger partial charge on any atom is -0.468 e. The quantitative estimate of drug-likeness (QED) is 0.727. The Kier molecular flexibility index (Phi) is 7.51. The molecule has 0 aromatic carbocycles. The summed E-state index contributed by atoms with van der Waals surface area (Å²) < 4.78 is 4.53. The van der Waals surface area contributed by atoms with Crippen LogP contribution in [0.15, 0.2) is 0 Å². The maximum Gasteiger partial charge on any atom is 0.315 e. The van der Waals surface area contributed by atoms with Crippen molar-refractivity contribution in [2.24, 2.45) is 0 Å². The van der Waals surface area contributed by atoms with Gasteiger partial charge in [0, 0.05) is 11.8 Å². The van der Waals surface area contributed by atoms with Crippen molar-refractivity contribution in [1.82, 2.24) is 5.32 Å². The Balaban J connectivity index is 0.00000144. The van der Waals surface area contributed by atoms with Gasteiger partial charge in [-0.1, -0.05) is 0 Å². The van der Waals surface area contributed by atoms with Crippen LogP contribution in [0.5, 0.6) is 0 Å². The average Bonchev–Trinajstić information content (AvgIpc) is 2.57. The third-order valence-electron chi connectivity index (χ3n) is 1.93. The first-order valence-electron chi connectivity index (χ1n) is 4.21. The molecule has 1 unspecified atom stereocenters. The minimum absolute atomic E-state index is 0. The molecule has 0 saturated carbocycles. The van der Waals surface area contributed by atoms with E-state index in [1.165, 1.54) is 20.0 Å². The van der Waals surface area contributed by atoms with E-state index in [1.54, 1.807) is 11.8 Å². The zero-order valence-electron chi connectivity index (χ0n) is 7.75. The standard InChI is InChI=1S/C8H15NO2S.ClH/c1-11-8(10)6-12-5-7-3-2-4-9-7;/h7,9H,2-6H2,1H3;1H. The third-order valence-corrected chi connectivity index (χ3v) is 3.01. The molecule has 1 heterocycles. The Bertz CT molecular complexity index is 151. The minimum atomic E-state index is -0.127. The van der Waals surface area contributed by atoms with Crippen molar-refractivity contribution in [3.8, 4) is 0 Å². The Hall–Kier alpha value is 0.0700. The van der Waals surface area contributed by atoms with Gasteiger partial charge in [-0.2, -0.15) is 0 Å². The highest BCUT2D eigenvalue weighted by molar-refractivity contribution is 7.99. The molecule has 0 aliphatic carbocycles. The molecule has 1 rings (SSSR count). The molecule has 1 aliphatic rings. The average molecular weight is 226 g/mol. The molecule has 1 fully saturated rings. The number of methoxy groups -OCH3 is 1. The van der Waals surface area contributed by atoms with Crippen LogP contribution in [0, 0.1) is 0 Å². The van der Waals surface area contributed by atoms with Gasteiger partial charge in [0.2, 0.25) is 0 Å². The molecule has 13 heavy (non-hydrogen) atoms. The van der Waals surface area contributed by atoms with Gasteiger partial charge in [0.15, 0.2) is 0 Å². The van der Waals surface area contributed by atoms with Crippen LogP contribution in [0.4, 0.5) is 0 Å². The van der Waals surface area contributed by atoms with Gasteiger partial charge in [-0.3, -0.25) is 4.79 Å². The van der Waals surface area contributed by atoms with Gasteiger partial charge >= 0.3 is 5.97 Å². The number of carbonyl (C=O) groups excluding carboxylic acids is 1. The maximum atomic E-state index is 10.7. The topological polar surface area (TPSA) is 38.3 Å². The monoisotopic (exact) mass is 225 g/mol. The number of halogens is 1. The van der Waals surface area contributed by atoms with Crippen LogP contribution >= 0.6 is 24.2 Å². The first kappa shape index (κ1) is 13.1. The van der Waals surface area contributed by atoms with Gasteiger partial charge in [0.25, 0.3) is 0 Å². The molecule has 1 atom stereocenters. The zero-order valence-corrected chi connectivity index (χ0v) is 9.38. The van der Waals surface area contributed by atoms with Crippen molar-refractivity contribution in [3.63, 3.8) is 0 Å². The van der Waals surface area contributed by atoms with Crippen molar-refractivity contribution < 1.29 is 9.53 Å². The first-order chi connectivity index (χ1) is 5.83. The van der Waals surface area contributed by atoms with Crippen LogP contribution in [0.1, 0.15) is 12.8 Å². The fourth-order valence-corrected chi connectivity index (χ4v) is 2.21. The fourth-order valence-electron chi connectivity index (χ4n) is 1.24. The summed E-state index contributed by atoms with van der Waals surface area (Å²) in [4.78, 5) is 10.7. The van der Waals surface area contributed by atoms with Crippen LogP contribution in [-0.4, -0.2) is 37.2 Å². The highest BCUT2D eigenvalue weighted by Gasteiger charge is 2.14. The lowest BCUT2D eigenvalue weighted by Crippen LogP contribution is -2.24. The summed E-state index contributed by atoms with van der Waals surface area (Å²) in [6, 6.07) is 0.611. The molecule has 0 aromatic heterocycles. The van der Waals surface area contributed by atoms with E-state index in [9.17, 15) is 4.79 Å². The smallest absolute Gasteiger partial charge is 0.315 e. The molecular weight excluding hydrogens is 210 g/mol. The normalized spacial score (nSPS) is 20.8. The van der Waals surface area contributed by atoms with Gasteiger partial charge in [-0.25, -0.2) is 0 Å². The van der Waals surface area contributed by atoms with Crippen LogP contribution < -0.4 is 5.32 Å². The number of thioether (sulfide) groups is 1. The van der Waals surface area contributed by atoms with E-state index in [0.717, 1.165) is 12.3 Å². The SMILES string of the molecule is COC(=O)CSCC1CCCN1.Cl. The lowest BCUT2D eigenvalue weighted by Gasteiger charge is -2.07. The second kappa shape index (κ2) is 7.47. The molecule has 0 bridgehead atoms. The van der Waals surface area contributed by atoms with E-state index < -0.39 is 0 Å². The molecule has 0 amide bonds. The molecule has 0 spiro atoms. The van der Waals surface area contributed by atoms with Crippen molar-refractivity contribution in [2.75, 3.05) is 25.2 Å². The summed E-state index contributed by atoms with van der Waals surface area (Å²) in [5.41, 5.74) is 0. The van der Waals surface area contributed by atoms with E-state index in [0.29, 0.717) is 11.8 Å². The van der Waals surface area contributed by atoms with E-state index in [-0.39, 0.29) is 18.4 Å². The summed E-state index contributed by atoms with van der Waals surface area (Å²) in [5.74, 6) is 1.38. The van der Waals surface area contributed by atoms with Gasteiger partial charge < -0.3 is 10.1 Å². The van der Waals surface area contributed by atoms with Gasteiger partial charge in [-0.05, 0) is 19.4 Å². The molecule has 1 aliphatic heterocycles. The van der Waals surface area contributed by atoms with E-state index in [1.807, 2.05) is 0 Å². The van der Waals surface area contributed by atoms with Crippen molar-refractivity contribution in [1.29, 1.82) is 0 Å². The van der Waals surface area contributed by atoms with Gasteiger partial charge in [-0.15, -0.1) is 24.2 Å². The van der Waals surface area contributed by atoms with Crippen LogP contribution in [0.25, 0.3) is 0 Å². The molecule has 1 saturated heterocycles. The summed E-state index contributed by atoms with van der Waals surface area (Å²) in [7, 11) is 1.43. The number of nitrogens with one attached hydrogen (secondary N) is 1. The molecule has 78 valence electrons. The van der Waals surface area contributed by atoms with E-state index in [2.05, 4.69) is 10.1 Å². The number of carbonyl (C=O) groups is 1. The Morgan fingerprint density at radius 3 is 3.00 bits per heavy atom. The maximum absolute atomic E-state index is 10.7. The predicted octanol–water partition coefficient (Wildman–Crippen LogP) is 1.07. The predicted molar refractivity (Wildman–Crippen MR) is 57.6 cm³/mol. The summed E-state index contributed by atoms with van der Waals surface area (Å²) >= 11 is 1.65. The number of hydrogen-bond acceptors (Lipinski definition) is 4. The van der Waals surface area contributed by atoms with Crippen LogP contribution in [-0.2, 0) is 9.53 Å². The second-order valence-electron chi connectivity index (χ2n) is 2.88. The lowest BCUT2D eigenvalue weighted by molar-refractivity contribution is -0.137. The molecular formula is C8H16ClNO2S. The van der Waals surface area contributed by atoms with Crippen LogP contribution in [0.3, 0.4) is 0 Å². The summed E-state index contributed by atoms with van der Waals surface area (Å²) in [5, 5.41) is 3.38. The number of esters is 1. The molecule has 1 N–H and O–H groups in total. The van der Waals surface area contributed by atoms with Crippen molar-refractivity contribution in [2.45, 2.75) is 18.9 Å². The molecule has 3 nitrogen and oxygen atoms in total. The van der Waals surface area contributed by atoms with E-state index in [4.69, 9.17) is 0 Å². The third kappa shape index (κ3) is 5.39. The van der Waals surface area contributed by atoms with Gasteiger partial charge in [0.1, 0.15) is 0 Å². The number of ether oxygens (including phenoxy) is 1. The van der Waals surface area contributed by atoms with Crippen LogP contribution in [0.2, 0.25) is 0 Å². The lowest BCUT2D eigenvalue weighted by atomic mass is 10.3. The van der Waals surface area contributed by atoms with Crippen molar-refractivity contribution in [3.05, 3.63) is 0 Å². The Morgan fingerprint density at radius 1 is 1.69 bits per heavy atom. The largest absolute Gasteiger partial charge is 0.468 e. The zero-order chi connectivity index (χ0) is 8.81. The Labute approximate surface area is 89.4 Å². The van der Waals surface area contributed by atoms with E-state index >= 15 is 0 Å². The van der Waals surface area contributed by atoms with Gasteiger partial charge in [0.05, 0.1) is 12.9 Å². The van der Waals surface area contributed by atoms with Crippen molar-refractivity contribution >= 4 is 30.1 Å². The fraction of sp³-hybridized carbons (Fsp3) is 0.875. The summed E-state index contributed by atoms with van der Waals surface area (Å²) in [6.45, 7) is 1.13. The second-order valence-corrected chi connectivity index (χ2v) is 3.91.